The summed E-state index contributed by atoms with van der Waals surface area (Å²) in [5, 5.41) is 8.20. The zero-order chi connectivity index (χ0) is 16.9. The second-order valence-electron chi connectivity index (χ2n) is 5.79. The van der Waals surface area contributed by atoms with Gasteiger partial charge < -0.3 is 15.0 Å². The van der Waals surface area contributed by atoms with Crippen molar-refractivity contribution >= 4 is 22.4 Å². The minimum absolute atomic E-state index is 0.0437. The predicted molar refractivity (Wildman–Crippen MR) is 93.5 cm³/mol. The second kappa shape index (κ2) is 7.76. The fourth-order valence-electron chi connectivity index (χ4n) is 2.77. The van der Waals surface area contributed by atoms with Gasteiger partial charge in [-0.1, -0.05) is 11.3 Å². The van der Waals surface area contributed by atoms with Crippen molar-refractivity contribution in [1.29, 1.82) is 0 Å². The first-order chi connectivity index (χ1) is 11.7. The molecule has 0 unspecified atom stereocenters. The number of anilines is 1. The fourth-order valence-corrected chi connectivity index (χ4v) is 3.77. The van der Waals surface area contributed by atoms with Crippen molar-refractivity contribution in [3.8, 4) is 0 Å². The van der Waals surface area contributed by atoms with Gasteiger partial charge in [0.1, 0.15) is 4.88 Å². The fraction of sp³-hybridized carbons (Fsp3) is 0.562. The van der Waals surface area contributed by atoms with Gasteiger partial charge in [-0.2, -0.15) is 5.10 Å². The first kappa shape index (κ1) is 16.9. The van der Waals surface area contributed by atoms with E-state index in [-0.39, 0.29) is 12.0 Å². The molecule has 1 aliphatic heterocycles. The van der Waals surface area contributed by atoms with E-state index in [4.69, 9.17) is 4.74 Å². The number of aryl methyl sites for hydroxylation is 1. The first-order valence-corrected chi connectivity index (χ1v) is 9.08. The molecule has 0 aliphatic carbocycles. The molecule has 1 saturated heterocycles. The highest BCUT2D eigenvalue weighted by Crippen LogP contribution is 2.24. The van der Waals surface area contributed by atoms with Crippen LogP contribution in [0, 0.1) is 6.92 Å². The summed E-state index contributed by atoms with van der Waals surface area (Å²) in [5.74, 6) is 0.0464. The Morgan fingerprint density at radius 1 is 1.54 bits per heavy atom. The minimum atomic E-state index is -0.0437. The first-order valence-electron chi connectivity index (χ1n) is 8.27. The van der Waals surface area contributed by atoms with Gasteiger partial charge in [0.2, 0.25) is 0 Å². The Morgan fingerprint density at radius 2 is 2.42 bits per heavy atom. The van der Waals surface area contributed by atoms with Crippen molar-refractivity contribution in [2.75, 3.05) is 31.6 Å². The lowest BCUT2D eigenvalue weighted by Gasteiger charge is -2.23. The number of carbonyl (C=O) groups is 1. The molecule has 0 spiro atoms. The third-order valence-corrected chi connectivity index (χ3v) is 5.01. The number of hydrogen-bond acceptors (Lipinski definition) is 6. The molecule has 3 rings (SSSR count). The van der Waals surface area contributed by atoms with E-state index >= 15 is 0 Å². The van der Waals surface area contributed by atoms with E-state index < -0.39 is 0 Å². The van der Waals surface area contributed by atoms with Crippen molar-refractivity contribution in [1.82, 2.24) is 19.7 Å². The van der Waals surface area contributed by atoms with E-state index in [1.165, 1.54) is 11.3 Å². The Balaban J connectivity index is 1.70. The van der Waals surface area contributed by atoms with E-state index in [2.05, 4.69) is 15.4 Å². The van der Waals surface area contributed by atoms with Gasteiger partial charge in [-0.15, -0.1) is 0 Å². The van der Waals surface area contributed by atoms with Crippen LogP contribution in [0.15, 0.2) is 18.5 Å². The van der Waals surface area contributed by atoms with Gasteiger partial charge in [-0.25, -0.2) is 4.98 Å². The smallest absolute Gasteiger partial charge is 0.266 e. The van der Waals surface area contributed by atoms with Crippen LogP contribution in [0.4, 0.5) is 5.13 Å². The van der Waals surface area contributed by atoms with Gasteiger partial charge in [0.25, 0.3) is 5.91 Å². The Hall–Kier alpha value is -1.93. The largest absolute Gasteiger partial charge is 0.374 e. The average Bonchev–Trinajstić information content (AvgIpc) is 3.12. The molecule has 2 aromatic heterocycles. The molecule has 1 fully saturated rings. The number of nitrogens with one attached hydrogen (secondary N) is 1. The molecule has 3 heterocycles. The number of carbonyl (C=O) groups excluding carboxylic acids is 1. The lowest BCUT2D eigenvalue weighted by molar-refractivity contribution is 0.0368. The highest BCUT2D eigenvalue weighted by molar-refractivity contribution is 7.17. The Morgan fingerprint density at radius 3 is 3.17 bits per heavy atom. The average molecular weight is 349 g/mol. The van der Waals surface area contributed by atoms with Gasteiger partial charge in [-0.3, -0.25) is 9.48 Å². The Labute approximate surface area is 145 Å². The van der Waals surface area contributed by atoms with E-state index in [1.807, 2.05) is 35.7 Å². The van der Waals surface area contributed by atoms with Crippen LogP contribution < -0.4 is 5.32 Å². The van der Waals surface area contributed by atoms with Crippen LogP contribution in [0.2, 0.25) is 0 Å². The number of amides is 1. The van der Waals surface area contributed by atoms with Crippen molar-refractivity contribution in [3.05, 3.63) is 29.0 Å². The maximum absolute atomic E-state index is 12.9. The minimum Gasteiger partial charge on any atom is -0.374 e. The van der Waals surface area contributed by atoms with E-state index in [9.17, 15) is 4.79 Å². The predicted octanol–water partition coefficient (Wildman–Crippen LogP) is 2.01. The Bertz CT molecular complexity index is 670. The standard InChI is InChI=1S/C16H23N5O2S/c1-3-17-16-19-12(2)14(24-16)15(22)20-7-5-9-23-13(10-20)11-21-8-4-6-18-21/h4,6,8,13H,3,5,7,9-11H2,1-2H3,(H,17,19)/t13-/m1/s1. The molecule has 0 saturated carbocycles. The van der Waals surface area contributed by atoms with Crippen molar-refractivity contribution < 1.29 is 9.53 Å². The van der Waals surface area contributed by atoms with Crippen LogP contribution in [0.5, 0.6) is 0 Å². The number of ether oxygens (including phenoxy) is 1. The SMILES string of the molecule is CCNc1nc(C)c(C(=O)N2CCCO[C@@H](Cn3cccn3)C2)s1. The van der Waals surface area contributed by atoms with Crippen LogP contribution in [-0.4, -0.2) is 57.9 Å². The molecular weight excluding hydrogens is 326 g/mol. The Kier molecular flexibility index (Phi) is 5.47. The van der Waals surface area contributed by atoms with E-state index in [0.717, 1.165) is 23.8 Å². The summed E-state index contributed by atoms with van der Waals surface area (Å²) in [6.45, 7) is 7.31. The summed E-state index contributed by atoms with van der Waals surface area (Å²) in [4.78, 5) is 20.0. The third kappa shape index (κ3) is 3.93. The lowest BCUT2D eigenvalue weighted by atomic mass is 10.2. The monoisotopic (exact) mass is 349 g/mol. The molecule has 0 aromatic carbocycles. The second-order valence-corrected chi connectivity index (χ2v) is 6.79. The van der Waals surface area contributed by atoms with Crippen molar-refractivity contribution in [2.45, 2.75) is 32.9 Å². The summed E-state index contributed by atoms with van der Waals surface area (Å²) < 4.78 is 7.73. The molecule has 7 nitrogen and oxygen atoms in total. The van der Waals surface area contributed by atoms with Gasteiger partial charge in [-0.05, 0) is 26.3 Å². The molecule has 1 amide bonds. The van der Waals surface area contributed by atoms with Crippen molar-refractivity contribution in [3.63, 3.8) is 0 Å². The number of aromatic nitrogens is 3. The number of hydrogen-bond donors (Lipinski definition) is 1. The van der Waals surface area contributed by atoms with Crippen LogP contribution >= 0.6 is 11.3 Å². The molecule has 130 valence electrons. The highest BCUT2D eigenvalue weighted by atomic mass is 32.1. The maximum Gasteiger partial charge on any atom is 0.266 e. The summed E-state index contributed by atoms with van der Waals surface area (Å²) in [7, 11) is 0. The molecule has 1 N–H and O–H groups in total. The number of rotatable bonds is 5. The third-order valence-electron chi connectivity index (χ3n) is 3.91. The zero-order valence-corrected chi connectivity index (χ0v) is 14.9. The molecule has 1 atom stereocenters. The van der Waals surface area contributed by atoms with Gasteiger partial charge >= 0.3 is 0 Å². The number of thiazole rings is 1. The normalized spacial score (nSPS) is 18.4. The highest BCUT2D eigenvalue weighted by Gasteiger charge is 2.26. The molecule has 1 aliphatic rings. The van der Waals surface area contributed by atoms with Gasteiger partial charge in [0.05, 0.1) is 18.3 Å². The van der Waals surface area contributed by atoms with Gasteiger partial charge in [0.15, 0.2) is 5.13 Å². The lowest BCUT2D eigenvalue weighted by Crippen LogP contribution is -2.38. The molecule has 24 heavy (non-hydrogen) atoms. The molecule has 8 heteroatoms. The van der Waals surface area contributed by atoms with Gasteiger partial charge in [0, 0.05) is 38.6 Å². The molecule has 0 radical (unpaired) electrons. The van der Waals surface area contributed by atoms with Crippen LogP contribution in [0.3, 0.4) is 0 Å². The van der Waals surface area contributed by atoms with Crippen LogP contribution in [0.25, 0.3) is 0 Å². The topological polar surface area (TPSA) is 72.3 Å². The molecule has 0 bridgehead atoms. The summed E-state index contributed by atoms with van der Waals surface area (Å²) in [6, 6.07) is 1.89. The van der Waals surface area contributed by atoms with Crippen LogP contribution in [0.1, 0.15) is 28.7 Å². The van der Waals surface area contributed by atoms with Crippen molar-refractivity contribution in [2.24, 2.45) is 0 Å². The summed E-state index contributed by atoms with van der Waals surface area (Å²) >= 11 is 1.43. The maximum atomic E-state index is 12.9. The molecular formula is C16H23N5O2S. The quantitative estimate of drug-likeness (QED) is 0.894. The summed E-state index contributed by atoms with van der Waals surface area (Å²) in [5.41, 5.74) is 0.787. The zero-order valence-electron chi connectivity index (χ0n) is 14.1. The number of nitrogens with zero attached hydrogens (tertiary/aromatic N) is 4. The van der Waals surface area contributed by atoms with E-state index in [1.54, 1.807) is 6.20 Å². The summed E-state index contributed by atoms with van der Waals surface area (Å²) in [6.07, 6.45) is 4.47. The van der Waals surface area contributed by atoms with E-state index in [0.29, 0.717) is 31.1 Å². The van der Waals surface area contributed by atoms with Crippen LogP contribution in [-0.2, 0) is 11.3 Å². The molecule has 2 aromatic rings.